The third kappa shape index (κ3) is 4.02. The van der Waals surface area contributed by atoms with Crippen LogP contribution in [-0.4, -0.2) is 55.4 Å². The molecule has 0 bridgehead atoms. The van der Waals surface area contributed by atoms with Gasteiger partial charge in [-0.3, -0.25) is 9.59 Å². The lowest BCUT2D eigenvalue weighted by Gasteiger charge is -2.22. The lowest BCUT2D eigenvalue weighted by molar-refractivity contribution is -0.117. The zero-order valence-corrected chi connectivity index (χ0v) is 18.7. The number of fused-ring (bicyclic) bond motifs is 1. The zero-order chi connectivity index (χ0) is 22.3. The van der Waals surface area contributed by atoms with Crippen molar-refractivity contribution in [1.82, 2.24) is 15.2 Å². The lowest BCUT2D eigenvalue weighted by Crippen LogP contribution is -2.31. The molecule has 6 nitrogen and oxygen atoms in total. The van der Waals surface area contributed by atoms with Crippen LogP contribution in [0.25, 0.3) is 10.9 Å². The summed E-state index contributed by atoms with van der Waals surface area (Å²) < 4.78 is 0. The van der Waals surface area contributed by atoms with E-state index in [2.05, 4.69) is 53.6 Å². The molecule has 0 spiro atoms. The van der Waals surface area contributed by atoms with Gasteiger partial charge in [0.05, 0.1) is 0 Å². The van der Waals surface area contributed by atoms with Crippen molar-refractivity contribution in [2.24, 2.45) is 5.92 Å². The smallest absolute Gasteiger partial charge is 0.251 e. The number of hydrogen-bond acceptors (Lipinski definition) is 3. The molecule has 2 N–H and O–H groups in total. The van der Waals surface area contributed by atoms with Gasteiger partial charge in [-0.2, -0.15) is 0 Å². The molecular weight excluding hydrogens is 400 g/mol. The minimum absolute atomic E-state index is 0.0982. The quantitative estimate of drug-likeness (QED) is 0.602. The van der Waals surface area contributed by atoms with Gasteiger partial charge in [-0.1, -0.05) is 12.1 Å². The third-order valence-corrected chi connectivity index (χ3v) is 6.84. The SMILES string of the molecule is CN(C)CC1(c2ccc(N3CC(CNC(=O)c4ccc5[nH]ccc5c4)CC3=O)cc2)CC1. The fraction of sp³-hybridized carbons (Fsp3) is 0.385. The van der Waals surface area contributed by atoms with Gasteiger partial charge in [0.1, 0.15) is 0 Å². The number of benzene rings is 2. The lowest BCUT2D eigenvalue weighted by atomic mass is 9.95. The van der Waals surface area contributed by atoms with E-state index >= 15 is 0 Å². The van der Waals surface area contributed by atoms with E-state index in [0.29, 0.717) is 25.1 Å². The maximum absolute atomic E-state index is 12.7. The van der Waals surface area contributed by atoms with Crippen LogP contribution >= 0.6 is 0 Å². The van der Waals surface area contributed by atoms with E-state index in [9.17, 15) is 9.59 Å². The van der Waals surface area contributed by atoms with E-state index < -0.39 is 0 Å². The third-order valence-electron chi connectivity index (χ3n) is 6.84. The van der Waals surface area contributed by atoms with Gasteiger partial charge in [-0.25, -0.2) is 0 Å². The molecule has 1 unspecified atom stereocenters. The van der Waals surface area contributed by atoms with Crippen LogP contribution in [0, 0.1) is 5.92 Å². The standard InChI is InChI=1S/C26H30N4O2/c1-29(2)17-26(10-11-26)21-4-6-22(7-5-21)30-16-18(13-24(30)31)15-28-25(32)20-3-8-23-19(14-20)9-12-27-23/h3-9,12,14,18,27H,10-11,13,15-17H2,1-2H3,(H,28,32). The predicted octanol–water partition coefficient (Wildman–Crippen LogP) is 3.54. The van der Waals surface area contributed by atoms with E-state index in [0.717, 1.165) is 23.1 Å². The molecule has 2 heterocycles. The molecule has 2 aromatic carbocycles. The summed E-state index contributed by atoms with van der Waals surface area (Å²) in [6.07, 6.45) is 4.78. The van der Waals surface area contributed by atoms with Gasteiger partial charge in [-0.05, 0) is 68.9 Å². The van der Waals surface area contributed by atoms with Crippen LogP contribution in [0.5, 0.6) is 0 Å². The highest BCUT2D eigenvalue weighted by atomic mass is 16.2. The summed E-state index contributed by atoms with van der Waals surface area (Å²) in [5, 5.41) is 4.03. The number of aromatic amines is 1. The van der Waals surface area contributed by atoms with Crippen molar-refractivity contribution in [3.63, 3.8) is 0 Å². The zero-order valence-electron chi connectivity index (χ0n) is 18.7. The second kappa shape index (κ2) is 8.10. The number of carbonyl (C=O) groups is 2. The highest BCUT2D eigenvalue weighted by molar-refractivity contribution is 5.98. The molecule has 32 heavy (non-hydrogen) atoms. The van der Waals surface area contributed by atoms with Crippen molar-refractivity contribution in [3.8, 4) is 0 Å². The first kappa shape index (κ1) is 20.8. The predicted molar refractivity (Wildman–Crippen MR) is 127 cm³/mol. The Balaban J connectivity index is 1.19. The topological polar surface area (TPSA) is 68.4 Å². The molecular formula is C26H30N4O2. The molecule has 166 valence electrons. The molecule has 1 aliphatic carbocycles. The van der Waals surface area contributed by atoms with Gasteiger partial charge in [0.25, 0.3) is 5.91 Å². The summed E-state index contributed by atoms with van der Waals surface area (Å²) in [4.78, 5) is 32.5. The molecule has 1 aliphatic heterocycles. The van der Waals surface area contributed by atoms with Crippen LogP contribution in [0.2, 0.25) is 0 Å². The number of nitrogens with zero attached hydrogens (tertiary/aromatic N) is 2. The van der Waals surface area contributed by atoms with Crippen molar-refractivity contribution in [1.29, 1.82) is 0 Å². The molecule has 2 amide bonds. The molecule has 1 aromatic heterocycles. The summed E-state index contributed by atoms with van der Waals surface area (Å²) in [5.41, 5.74) is 4.25. The van der Waals surface area contributed by atoms with Gasteiger partial charge >= 0.3 is 0 Å². The summed E-state index contributed by atoms with van der Waals surface area (Å²) in [5.74, 6) is 0.143. The van der Waals surface area contributed by atoms with Gasteiger partial charge in [-0.15, -0.1) is 0 Å². The minimum atomic E-state index is -0.0982. The van der Waals surface area contributed by atoms with Crippen molar-refractivity contribution in [3.05, 3.63) is 65.9 Å². The molecule has 2 aliphatic rings. The molecule has 6 heteroatoms. The number of aromatic nitrogens is 1. The van der Waals surface area contributed by atoms with Crippen molar-refractivity contribution < 1.29 is 9.59 Å². The highest BCUT2D eigenvalue weighted by Gasteiger charge is 2.44. The van der Waals surface area contributed by atoms with Crippen LogP contribution in [0.1, 0.15) is 35.2 Å². The van der Waals surface area contributed by atoms with E-state index in [1.54, 1.807) is 0 Å². The van der Waals surface area contributed by atoms with Crippen LogP contribution < -0.4 is 10.2 Å². The van der Waals surface area contributed by atoms with E-state index in [1.165, 1.54) is 18.4 Å². The summed E-state index contributed by atoms with van der Waals surface area (Å²) in [6, 6.07) is 16.1. The first-order valence-electron chi connectivity index (χ1n) is 11.3. The number of carbonyl (C=O) groups excluding carboxylic acids is 2. The average Bonchev–Trinajstić information content (AvgIpc) is 3.23. The Bertz CT molecular complexity index is 1140. The van der Waals surface area contributed by atoms with Crippen LogP contribution in [0.3, 0.4) is 0 Å². The highest BCUT2D eigenvalue weighted by Crippen LogP contribution is 2.48. The maximum Gasteiger partial charge on any atom is 0.251 e. The Morgan fingerprint density at radius 1 is 1.16 bits per heavy atom. The molecule has 5 rings (SSSR count). The van der Waals surface area contributed by atoms with E-state index in [1.807, 2.05) is 35.4 Å². The largest absolute Gasteiger partial charge is 0.361 e. The first-order valence-corrected chi connectivity index (χ1v) is 11.3. The van der Waals surface area contributed by atoms with Crippen molar-refractivity contribution in [2.75, 3.05) is 38.6 Å². The van der Waals surface area contributed by atoms with Gasteiger partial charge in [0.15, 0.2) is 0 Å². The Hall–Kier alpha value is -3.12. The summed E-state index contributed by atoms with van der Waals surface area (Å²) in [6.45, 7) is 2.20. The number of rotatable bonds is 7. The Morgan fingerprint density at radius 2 is 1.94 bits per heavy atom. The van der Waals surface area contributed by atoms with Gasteiger partial charge in [0.2, 0.25) is 5.91 Å². The Morgan fingerprint density at radius 3 is 2.66 bits per heavy atom. The fourth-order valence-corrected chi connectivity index (χ4v) is 4.99. The van der Waals surface area contributed by atoms with E-state index in [4.69, 9.17) is 0 Å². The molecule has 1 saturated carbocycles. The summed E-state index contributed by atoms with van der Waals surface area (Å²) >= 11 is 0. The molecule has 0 radical (unpaired) electrons. The fourth-order valence-electron chi connectivity index (χ4n) is 4.99. The van der Waals surface area contributed by atoms with Crippen molar-refractivity contribution in [2.45, 2.75) is 24.7 Å². The van der Waals surface area contributed by atoms with Crippen LogP contribution in [-0.2, 0) is 10.2 Å². The number of H-pyrrole nitrogens is 1. The molecule has 2 fully saturated rings. The van der Waals surface area contributed by atoms with Gasteiger partial charge < -0.3 is 20.1 Å². The minimum Gasteiger partial charge on any atom is -0.361 e. The average molecular weight is 431 g/mol. The second-order valence-corrected chi connectivity index (χ2v) is 9.63. The number of amides is 2. The second-order valence-electron chi connectivity index (χ2n) is 9.63. The number of anilines is 1. The normalized spacial score (nSPS) is 19.7. The first-order chi connectivity index (χ1) is 15.4. The maximum atomic E-state index is 12.7. The van der Waals surface area contributed by atoms with E-state index in [-0.39, 0.29) is 23.1 Å². The van der Waals surface area contributed by atoms with Crippen LogP contribution in [0.15, 0.2) is 54.7 Å². The Labute approximate surface area is 188 Å². The Kier molecular flexibility index (Phi) is 5.25. The molecule has 1 atom stereocenters. The number of nitrogens with one attached hydrogen (secondary N) is 2. The monoisotopic (exact) mass is 430 g/mol. The molecule has 1 saturated heterocycles. The number of likely N-dealkylation sites (N-methyl/N-ethyl adjacent to an activating group) is 1. The van der Waals surface area contributed by atoms with Crippen LogP contribution in [0.4, 0.5) is 5.69 Å². The molecule has 3 aromatic rings. The van der Waals surface area contributed by atoms with Gasteiger partial charge in [0, 0.05) is 65.7 Å². The summed E-state index contributed by atoms with van der Waals surface area (Å²) in [7, 11) is 4.24. The number of hydrogen-bond donors (Lipinski definition) is 2. The van der Waals surface area contributed by atoms with Crippen molar-refractivity contribution >= 4 is 28.4 Å².